The Kier molecular flexibility index (Phi) is 5.69. The van der Waals surface area contributed by atoms with Crippen LogP contribution in [0.4, 0.5) is 13.2 Å². The Morgan fingerprint density at radius 2 is 2.22 bits per heavy atom. The number of alkyl halides is 3. The highest BCUT2D eigenvalue weighted by atomic mass is 19.4. The molecule has 6 nitrogen and oxygen atoms in total. The molecule has 1 N–H and O–H groups in total. The van der Waals surface area contributed by atoms with Gasteiger partial charge in [-0.2, -0.15) is 18.3 Å². The Bertz CT molecular complexity index is 802. The first-order valence-corrected chi connectivity index (χ1v) is 8.58. The number of benzene rings is 1. The first-order chi connectivity index (χ1) is 12.9. The molecule has 1 saturated heterocycles. The molecular weight excluding hydrogens is 359 g/mol. The molecule has 0 bridgehead atoms. The van der Waals surface area contributed by atoms with Gasteiger partial charge in [0.1, 0.15) is 6.10 Å². The van der Waals surface area contributed by atoms with Crippen LogP contribution in [-0.2, 0) is 24.5 Å². The van der Waals surface area contributed by atoms with Gasteiger partial charge in [-0.1, -0.05) is 12.1 Å². The Balaban J connectivity index is 1.67. The third-order valence-electron chi connectivity index (χ3n) is 4.37. The fourth-order valence-electron chi connectivity index (χ4n) is 3.04. The van der Waals surface area contributed by atoms with Crippen LogP contribution < -0.4 is 5.32 Å². The minimum absolute atomic E-state index is 0.411. The molecule has 1 aliphatic heterocycles. The summed E-state index contributed by atoms with van der Waals surface area (Å²) in [5.41, 5.74) is 0.860. The lowest BCUT2D eigenvalue weighted by atomic mass is 10.0. The molecule has 1 fully saturated rings. The van der Waals surface area contributed by atoms with Gasteiger partial charge < -0.3 is 15.0 Å². The van der Waals surface area contributed by atoms with Crippen molar-refractivity contribution in [3.05, 3.63) is 53.3 Å². The number of rotatable bonds is 3. The van der Waals surface area contributed by atoms with E-state index < -0.39 is 17.8 Å². The molecule has 1 aliphatic rings. The van der Waals surface area contributed by atoms with E-state index >= 15 is 0 Å². The second-order valence-corrected chi connectivity index (χ2v) is 6.35. The SMILES string of the molecule is CN=C(NCc1cnn(C)c1)N1CCOC(c2cccc(C(F)(F)F)c2)C1. The summed E-state index contributed by atoms with van der Waals surface area (Å²) >= 11 is 0. The number of nitrogens with zero attached hydrogens (tertiary/aromatic N) is 4. The average Bonchev–Trinajstić information content (AvgIpc) is 3.07. The van der Waals surface area contributed by atoms with Crippen molar-refractivity contribution in [3.8, 4) is 0 Å². The largest absolute Gasteiger partial charge is 0.416 e. The lowest BCUT2D eigenvalue weighted by Gasteiger charge is -2.35. The summed E-state index contributed by atoms with van der Waals surface area (Å²) in [5.74, 6) is 0.680. The molecule has 1 unspecified atom stereocenters. The van der Waals surface area contributed by atoms with Crippen LogP contribution in [0.1, 0.15) is 22.8 Å². The van der Waals surface area contributed by atoms with Crippen molar-refractivity contribution in [2.45, 2.75) is 18.8 Å². The van der Waals surface area contributed by atoms with E-state index in [1.54, 1.807) is 24.0 Å². The summed E-state index contributed by atoms with van der Waals surface area (Å²) < 4.78 is 46.4. The van der Waals surface area contributed by atoms with Crippen LogP contribution in [0, 0.1) is 0 Å². The number of morpholine rings is 1. The fraction of sp³-hybridized carbons (Fsp3) is 0.444. The minimum atomic E-state index is -4.37. The second-order valence-electron chi connectivity index (χ2n) is 6.35. The van der Waals surface area contributed by atoms with Crippen LogP contribution in [0.3, 0.4) is 0 Å². The van der Waals surface area contributed by atoms with Crippen LogP contribution >= 0.6 is 0 Å². The Hall–Kier alpha value is -2.55. The maximum atomic E-state index is 13.0. The average molecular weight is 381 g/mol. The first kappa shape index (κ1) is 19.2. The maximum Gasteiger partial charge on any atom is 0.416 e. The van der Waals surface area contributed by atoms with Crippen molar-refractivity contribution in [3.63, 3.8) is 0 Å². The number of halogens is 3. The van der Waals surface area contributed by atoms with Gasteiger partial charge in [0.15, 0.2) is 5.96 Å². The number of hydrogen-bond donors (Lipinski definition) is 1. The van der Waals surface area contributed by atoms with Crippen LogP contribution in [0.15, 0.2) is 41.7 Å². The lowest BCUT2D eigenvalue weighted by Crippen LogP contribution is -2.47. The van der Waals surface area contributed by atoms with E-state index in [4.69, 9.17) is 4.74 Å². The van der Waals surface area contributed by atoms with E-state index in [0.717, 1.165) is 17.7 Å². The smallest absolute Gasteiger partial charge is 0.370 e. The van der Waals surface area contributed by atoms with E-state index in [0.29, 0.717) is 37.8 Å². The van der Waals surface area contributed by atoms with Crippen LogP contribution in [0.25, 0.3) is 0 Å². The van der Waals surface area contributed by atoms with Gasteiger partial charge in [-0.3, -0.25) is 9.67 Å². The van der Waals surface area contributed by atoms with Crippen molar-refractivity contribution < 1.29 is 17.9 Å². The van der Waals surface area contributed by atoms with E-state index in [1.165, 1.54) is 6.07 Å². The summed E-state index contributed by atoms with van der Waals surface area (Å²) in [4.78, 5) is 6.28. The summed E-state index contributed by atoms with van der Waals surface area (Å²) in [6.45, 7) is 2.01. The van der Waals surface area contributed by atoms with Crippen LogP contribution in [-0.4, -0.2) is 47.4 Å². The molecule has 1 atom stereocenters. The summed E-state index contributed by atoms with van der Waals surface area (Å²) in [7, 11) is 3.53. The molecule has 27 heavy (non-hydrogen) atoms. The standard InChI is InChI=1S/C18H22F3N5O/c1-22-17(23-9-13-10-24-25(2)11-13)26-6-7-27-16(12-26)14-4-3-5-15(8-14)18(19,20)21/h3-5,8,10-11,16H,6-7,9,12H2,1-2H3,(H,22,23). The predicted octanol–water partition coefficient (Wildman–Crippen LogP) is 2.59. The summed E-state index contributed by atoms with van der Waals surface area (Å²) in [5, 5.41) is 7.39. The third kappa shape index (κ3) is 4.79. The number of aromatic nitrogens is 2. The quantitative estimate of drug-likeness (QED) is 0.656. The first-order valence-electron chi connectivity index (χ1n) is 8.58. The van der Waals surface area contributed by atoms with Gasteiger partial charge in [-0.25, -0.2) is 0 Å². The van der Waals surface area contributed by atoms with Gasteiger partial charge >= 0.3 is 6.18 Å². The van der Waals surface area contributed by atoms with Gasteiger partial charge in [-0.15, -0.1) is 0 Å². The van der Waals surface area contributed by atoms with E-state index in [2.05, 4.69) is 15.4 Å². The van der Waals surface area contributed by atoms with Gasteiger partial charge in [-0.05, 0) is 17.7 Å². The molecule has 0 saturated carbocycles. The van der Waals surface area contributed by atoms with E-state index in [9.17, 15) is 13.2 Å². The fourth-order valence-corrected chi connectivity index (χ4v) is 3.04. The molecule has 0 amide bonds. The third-order valence-corrected chi connectivity index (χ3v) is 4.37. The van der Waals surface area contributed by atoms with Crippen molar-refractivity contribution >= 4 is 5.96 Å². The topological polar surface area (TPSA) is 54.7 Å². The predicted molar refractivity (Wildman–Crippen MR) is 95.1 cm³/mol. The zero-order chi connectivity index (χ0) is 19.4. The van der Waals surface area contributed by atoms with Crippen LogP contribution in [0.5, 0.6) is 0 Å². The number of aryl methyl sites for hydroxylation is 1. The highest BCUT2D eigenvalue weighted by Gasteiger charge is 2.32. The van der Waals surface area contributed by atoms with Gasteiger partial charge in [0.2, 0.25) is 0 Å². The number of nitrogens with one attached hydrogen (secondary N) is 1. The molecule has 0 radical (unpaired) electrons. The monoisotopic (exact) mass is 381 g/mol. The van der Waals surface area contributed by atoms with Gasteiger partial charge in [0, 0.05) is 38.9 Å². The Morgan fingerprint density at radius 1 is 1.41 bits per heavy atom. The highest BCUT2D eigenvalue weighted by Crippen LogP contribution is 2.32. The maximum absolute atomic E-state index is 13.0. The molecule has 146 valence electrons. The molecular formula is C18H22F3N5O. The van der Waals surface area contributed by atoms with Crippen molar-refractivity contribution in [2.24, 2.45) is 12.0 Å². The van der Waals surface area contributed by atoms with Crippen LogP contribution in [0.2, 0.25) is 0 Å². The minimum Gasteiger partial charge on any atom is -0.370 e. The number of guanidine groups is 1. The molecule has 3 rings (SSSR count). The number of aliphatic imine (C=N–C) groups is 1. The molecule has 9 heteroatoms. The molecule has 0 spiro atoms. The zero-order valence-electron chi connectivity index (χ0n) is 15.2. The normalized spacial score (nSPS) is 18.6. The highest BCUT2D eigenvalue weighted by molar-refractivity contribution is 5.80. The van der Waals surface area contributed by atoms with Crippen molar-refractivity contribution in [1.82, 2.24) is 20.0 Å². The van der Waals surface area contributed by atoms with Crippen molar-refractivity contribution in [1.29, 1.82) is 0 Å². The molecule has 2 aromatic rings. The van der Waals surface area contributed by atoms with E-state index in [1.807, 2.05) is 18.1 Å². The Morgan fingerprint density at radius 3 is 2.89 bits per heavy atom. The second kappa shape index (κ2) is 7.99. The van der Waals surface area contributed by atoms with Crippen molar-refractivity contribution in [2.75, 3.05) is 26.7 Å². The Labute approximate surface area is 155 Å². The molecule has 1 aromatic heterocycles. The lowest BCUT2D eigenvalue weighted by molar-refractivity contribution is -0.137. The number of hydrogen-bond acceptors (Lipinski definition) is 3. The molecule has 1 aromatic carbocycles. The zero-order valence-corrected chi connectivity index (χ0v) is 15.2. The summed E-state index contributed by atoms with van der Waals surface area (Å²) in [6, 6.07) is 5.30. The van der Waals surface area contributed by atoms with Gasteiger partial charge in [0.25, 0.3) is 0 Å². The molecule has 0 aliphatic carbocycles. The van der Waals surface area contributed by atoms with E-state index in [-0.39, 0.29) is 0 Å². The number of ether oxygens (including phenoxy) is 1. The van der Waals surface area contributed by atoms with Gasteiger partial charge in [0.05, 0.1) is 24.9 Å². The molecule has 2 heterocycles. The summed E-state index contributed by atoms with van der Waals surface area (Å²) in [6.07, 6.45) is -1.14.